The van der Waals surface area contributed by atoms with Gasteiger partial charge in [0.2, 0.25) is 5.91 Å². The molecule has 0 spiro atoms. The molecule has 47 heavy (non-hydrogen) atoms. The van der Waals surface area contributed by atoms with E-state index in [2.05, 4.69) is 17.6 Å². The van der Waals surface area contributed by atoms with Crippen molar-refractivity contribution in [2.45, 2.75) is 155 Å². The van der Waals surface area contributed by atoms with Crippen LogP contribution in [-0.2, 0) is 42.9 Å². The van der Waals surface area contributed by atoms with Gasteiger partial charge in [-0.3, -0.25) is 14.4 Å². The molecule has 274 valence electrons. The van der Waals surface area contributed by atoms with Crippen molar-refractivity contribution in [3.63, 3.8) is 0 Å². The van der Waals surface area contributed by atoms with Crippen LogP contribution in [0.4, 0.5) is 4.79 Å². The maximum absolute atomic E-state index is 13.2. The number of hydrogen-bond donors (Lipinski definition) is 2. The summed E-state index contributed by atoms with van der Waals surface area (Å²) < 4.78 is 26.5. The third-order valence-electron chi connectivity index (χ3n) is 6.62. The second kappa shape index (κ2) is 24.6. The van der Waals surface area contributed by atoms with Crippen LogP contribution in [0.1, 0.15) is 126 Å². The Balaban J connectivity index is 4.94. The van der Waals surface area contributed by atoms with E-state index in [0.717, 1.165) is 19.3 Å². The summed E-state index contributed by atoms with van der Waals surface area (Å²) in [6.07, 6.45) is 9.75. The zero-order chi connectivity index (χ0) is 35.9. The van der Waals surface area contributed by atoms with E-state index in [0.29, 0.717) is 12.2 Å². The monoisotopic (exact) mass is 690 g/mol. The Morgan fingerprint density at radius 1 is 0.787 bits per heavy atom. The van der Waals surface area contributed by atoms with Gasteiger partial charge in [-0.2, -0.15) is 11.8 Å². The number of carbonyl (C=O) groups excluding carboxylic acids is 5. The molecule has 0 aromatic rings. The fraction of sp³-hybridized carbons (Fsp3) is 0.853. The molecule has 0 bridgehead atoms. The Kier molecular flexibility index (Phi) is 23.3. The highest BCUT2D eigenvalue weighted by Gasteiger charge is 2.30. The maximum Gasteiger partial charge on any atom is 0.408 e. The number of methoxy groups -OCH3 is 1. The largest absolute Gasteiger partial charge is 0.467 e. The second-order valence-corrected chi connectivity index (χ2v) is 14.7. The number of esters is 3. The second-order valence-electron chi connectivity index (χ2n) is 13.6. The summed E-state index contributed by atoms with van der Waals surface area (Å²) in [6, 6.07) is -2.17. The molecule has 1 unspecified atom stereocenters. The van der Waals surface area contributed by atoms with E-state index in [1.54, 1.807) is 20.8 Å². The Bertz CT molecular complexity index is 933. The fourth-order valence-corrected chi connectivity index (χ4v) is 5.17. The molecule has 13 heteroatoms. The van der Waals surface area contributed by atoms with Crippen molar-refractivity contribution in [3.05, 3.63) is 0 Å². The van der Waals surface area contributed by atoms with Crippen LogP contribution < -0.4 is 10.6 Å². The number of alkyl carbamates (subject to hydrolysis) is 1. The highest BCUT2D eigenvalue weighted by Crippen LogP contribution is 2.16. The van der Waals surface area contributed by atoms with Crippen molar-refractivity contribution >= 4 is 41.7 Å². The lowest BCUT2D eigenvalue weighted by atomic mass is 10.0. The maximum atomic E-state index is 13.2. The van der Waals surface area contributed by atoms with Crippen LogP contribution in [0, 0.1) is 0 Å². The van der Waals surface area contributed by atoms with Gasteiger partial charge in [-0.15, -0.1) is 0 Å². The van der Waals surface area contributed by atoms with Gasteiger partial charge in [-0.25, -0.2) is 9.59 Å². The molecule has 0 saturated carbocycles. The first-order valence-corrected chi connectivity index (χ1v) is 18.0. The van der Waals surface area contributed by atoms with Gasteiger partial charge < -0.3 is 34.3 Å². The van der Waals surface area contributed by atoms with Crippen molar-refractivity contribution in [2.24, 2.45) is 0 Å². The minimum absolute atomic E-state index is 0.0297. The molecule has 0 rings (SSSR count). The summed E-state index contributed by atoms with van der Waals surface area (Å²) in [4.78, 5) is 62.1. The molecule has 0 radical (unpaired) electrons. The molecule has 0 aromatic carbocycles. The average Bonchev–Trinajstić information content (AvgIpc) is 2.95. The Morgan fingerprint density at radius 3 is 1.91 bits per heavy atom. The van der Waals surface area contributed by atoms with Gasteiger partial charge in [0.1, 0.15) is 24.4 Å². The predicted molar refractivity (Wildman–Crippen MR) is 183 cm³/mol. The summed E-state index contributed by atoms with van der Waals surface area (Å²) in [5.41, 5.74) is -1.36. The molecule has 0 fully saturated rings. The third kappa shape index (κ3) is 26.1. The highest BCUT2D eigenvalue weighted by atomic mass is 32.2. The summed E-state index contributed by atoms with van der Waals surface area (Å²) in [5, 5.41) is 5.15. The Labute approximate surface area is 286 Å². The van der Waals surface area contributed by atoms with E-state index >= 15 is 0 Å². The van der Waals surface area contributed by atoms with E-state index in [1.165, 1.54) is 64.3 Å². The molecule has 0 aliphatic heterocycles. The van der Waals surface area contributed by atoms with E-state index < -0.39 is 59.3 Å². The molecular weight excluding hydrogens is 628 g/mol. The predicted octanol–water partition coefficient (Wildman–Crippen LogP) is 5.87. The summed E-state index contributed by atoms with van der Waals surface area (Å²) >= 11 is 1.27. The molecule has 12 nitrogen and oxygen atoms in total. The highest BCUT2D eigenvalue weighted by molar-refractivity contribution is 7.99. The fourth-order valence-electron chi connectivity index (χ4n) is 4.33. The number of nitrogens with one attached hydrogen (secondary N) is 2. The quantitative estimate of drug-likeness (QED) is 0.0710. The normalized spacial score (nSPS) is 13.6. The first-order chi connectivity index (χ1) is 22.0. The van der Waals surface area contributed by atoms with Crippen LogP contribution in [0.2, 0.25) is 0 Å². The Morgan fingerprint density at radius 2 is 1.38 bits per heavy atom. The lowest BCUT2D eigenvalue weighted by Crippen LogP contribution is -2.55. The van der Waals surface area contributed by atoms with Crippen molar-refractivity contribution in [2.75, 3.05) is 31.8 Å². The topological polar surface area (TPSA) is 156 Å². The van der Waals surface area contributed by atoms with E-state index in [1.807, 2.05) is 20.8 Å². The van der Waals surface area contributed by atoms with Gasteiger partial charge in [-0.1, -0.05) is 58.3 Å². The molecule has 0 aliphatic rings. The van der Waals surface area contributed by atoms with Crippen molar-refractivity contribution in [1.29, 1.82) is 0 Å². The first kappa shape index (κ1) is 44.5. The van der Waals surface area contributed by atoms with Crippen LogP contribution in [-0.4, -0.2) is 91.1 Å². The molecule has 0 heterocycles. The van der Waals surface area contributed by atoms with Gasteiger partial charge >= 0.3 is 24.0 Å². The molecule has 2 N–H and O–H groups in total. The summed E-state index contributed by atoms with van der Waals surface area (Å²) in [7, 11) is 1.21. The molecule has 2 amide bonds. The zero-order valence-corrected chi connectivity index (χ0v) is 31.1. The van der Waals surface area contributed by atoms with E-state index in [9.17, 15) is 24.0 Å². The number of hydrogen-bond acceptors (Lipinski definition) is 11. The number of thioether (sulfide) groups is 1. The van der Waals surface area contributed by atoms with Crippen molar-refractivity contribution in [3.8, 4) is 0 Å². The molecule has 0 saturated heterocycles. The van der Waals surface area contributed by atoms with Gasteiger partial charge in [-0.05, 0) is 54.4 Å². The number of ether oxygens (including phenoxy) is 5. The number of unbranched alkanes of at least 4 members (excludes halogenated alkanes) is 8. The van der Waals surface area contributed by atoms with Gasteiger partial charge in [0.25, 0.3) is 0 Å². The number of carbonyl (C=O) groups is 5. The lowest BCUT2D eigenvalue weighted by molar-refractivity contribution is -0.153. The molecule has 0 aliphatic carbocycles. The minimum Gasteiger partial charge on any atom is -0.467 e. The van der Waals surface area contributed by atoms with Gasteiger partial charge in [0.05, 0.1) is 25.7 Å². The standard InChI is InChI=1S/C34H62N2O10S/c1-10-11-12-13-14-15-16-17-18-19-26(45-25(2)37)22-29(38)43-20-21-47-24-28(36-32(41)46-34(6,7)8)30(39)35-27(31(40)42-9)23-44-33(3,4)5/h26-28H,10-24H2,1-9H3,(H,35,39)(H,36,41)/t26?,27-,28-/m0/s1. The summed E-state index contributed by atoms with van der Waals surface area (Å²) in [5.74, 6) is -1.80. The minimum atomic E-state index is -1.10. The SMILES string of the molecule is CCCCCCCCCCCC(CC(=O)OCCSC[C@H](NC(=O)OC(C)(C)C)C(=O)N[C@@H](COC(C)(C)C)C(=O)OC)OC(C)=O. The third-order valence-corrected chi connectivity index (χ3v) is 7.65. The van der Waals surface area contributed by atoms with E-state index in [-0.39, 0.29) is 25.4 Å². The van der Waals surface area contributed by atoms with Crippen LogP contribution in [0.5, 0.6) is 0 Å². The zero-order valence-electron chi connectivity index (χ0n) is 30.3. The van der Waals surface area contributed by atoms with Crippen LogP contribution in [0.25, 0.3) is 0 Å². The number of amides is 2. The molecule has 0 aromatic heterocycles. The van der Waals surface area contributed by atoms with E-state index in [4.69, 9.17) is 23.7 Å². The van der Waals surface area contributed by atoms with Crippen molar-refractivity contribution in [1.82, 2.24) is 10.6 Å². The van der Waals surface area contributed by atoms with Crippen LogP contribution in [0.3, 0.4) is 0 Å². The van der Waals surface area contributed by atoms with Gasteiger partial charge in [0.15, 0.2) is 6.04 Å². The van der Waals surface area contributed by atoms with Crippen LogP contribution in [0.15, 0.2) is 0 Å². The van der Waals surface area contributed by atoms with Crippen LogP contribution >= 0.6 is 11.8 Å². The van der Waals surface area contributed by atoms with Crippen molar-refractivity contribution < 1.29 is 47.7 Å². The lowest BCUT2D eigenvalue weighted by Gasteiger charge is -2.26. The molecule has 3 atom stereocenters. The first-order valence-electron chi connectivity index (χ1n) is 16.9. The molecular formula is C34H62N2O10S. The Hall–Kier alpha value is -2.54. The average molecular weight is 691 g/mol. The summed E-state index contributed by atoms with van der Waals surface area (Å²) in [6.45, 7) is 14.0. The van der Waals surface area contributed by atoms with Gasteiger partial charge in [0, 0.05) is 18.4 Å². The number of rotatable bonds is 24. The smallest absolute Gasteiger partial charge is 0.408 e.